The van der Waals surface area contributed by atoms with E-state index in [1.807, 2.05) is 6.07 Å². The number of carboxylic acid groups (broad SMARTS) is 1. The Kier molecular flexibility index (Phi) is 4.40. The number of likely N-dealkylation sites (tertiary alicyclic amines) is 1. The third kappa shape index (κ3) is 3.12. The van der Waals surface area contributed by atoms with Crippen LogP contribution in [0, 0.1) is 5.41 Å². The van der Waals surface area contributed by atoms with Gasteiger partial charge in [0.15, 0.2) is 0 Å². The molecule has 1 aromatic rings. The van der Waals surface area contributed by atoms with Gasteiger partial charge in [-0.1, -0.05) is 30.3 Å². The smallest absolute Gasteiger partial charge is 0.410 e. The summed E-state index contributed by atoms with van der Waals surface area (Å²) in [6.07, 6.45) is -4.08. The van der Waals surface area contributed by atoms with Crippen LogP contribution in [0.3, 0.4) is 0 Å². The molecule has 1 amide bonds. The van der Waals surface area contributed by atoms with Crippen LogP contribution in [0.2, 0.25) is 0 Å². The Bertz CT molecular complexity index is 523. The summed E-state index contributed by atoms with van der Waals surface area (Å²) in [7, 11) is 0. The van der Waals surface area contributed by atoms with Gasteiger partial charge in [0.25, 0.3) is 6.43 Å². The Balaban J connectivity index is 1.94. The molecule has 0 spiro atoms. The molecule has 5 nitrogen and oxygen atoms in total. The van der Waals surface area contributed by atoms with E-state index in [0.717, 1.165) is 10.5 Å². The van der Waals surface area contributed by atoms with Crippen LogP contribution in [0.5, 0.6) is 0 Å². The van der Waals surface area contributed by atoms with Gasteiger partial charge in [0.1, 0.15) is 12.0 Å². The van der Waals surface area contributed by atoms with Crippen molar-refractivity contribution in [2.45, 2.75) is 19.5 Å². The normalized spacial score (nSPS) is 21.6. The maximum Gasteiger partial charge on any atom is 0.410 e. The highest BCUT2D eigenvalue weighted by Gasteiger charge is 2.53. The molecule has 1 unspecified atom stereocenters. The van der Waals surface area contributed by atoms with E-state index in [1.165, 1.54) is 0 Å². The molecule has 1 aliphatic heterocycles. The Morgan fingerprint density at radius 2 is 2.00 bits per heavy atom. The van der Waals surface area contributed by atoms with Gasteiger partial charge >= 0.3 is 12.1 Å². The number of amides is 1. The lowest BCUT2D eigenvalue weighted by Gasteiger charge is -2.23. The molecule has 2 rings (SSSR count). The number of benzene rings is 1. The molecular formula is C14H15F2NO4. The van der Waals surface area contributed by atoms with Crippen molar-refractivity contribution in [2.24, 2.45) is 5.41 Å². The summed E-state index contributed by atoms with van der Waals surface area (Å²) in [5, 5.41) is 8.98. The third-order valence-corrected chi connectivity index (χ3v) is 3.61. The van der Waals surface area contributed by atoms with Crippen LogP contribution in [-0.2, 0) is 16.1 Å². The third-order valence-electron chi connectivity index (χ3n) is 3.61. The number of carbonyl (C=O) groups is 2. The number of carboxylic acids is 1. The predicted octanol–water partition coefficient (Wildman–Crippen LogP) is 2.37. The van der Waals surface area contributed by atoms with Gasteiger partial charge < -0.3 is 14.7 Å². The van der Waals surface area contributed by atoms with Crippen molar-refractivity contribution in [2.75, 3.05) is 13.1 Å². The van der Waals surface area contributed by atoms with E-state index in [9.17, 15) is 18.4 Å². The van der Waals surface area contributed by atoms with E-state index in [4.69, 9.17) is 9.84 Å². The number of hydrogen-bond acceptors (Lipinski definition) is 3. The van der Waals surface area contributed by atoms with E-state index >= 15 is 0 Å². The van der Waals surface area contributed by atoms with E-state index in [-0.39, 0.29) is 19.6 Å². The van der Waals surface area contributed by atoms with Gasteiger partial charge in [-0.25, -0.2) is 13.6 Å². The van der Waals surface area contributed by atoms with Gasteiger partial charge in [-0.2, -0.15) is 0 Å². The maximum atomic E-state index is 13.0. The first-order valence-corrected chi connectivity index (χ1v) is 6.43. The number of ether oxygens (including phenoxy) is 1. The van der Waals surface area contributed by atoms with Crippen molar-refractivity contribution in [1.82, 2.24) is 4.90 Å². The number of carbonyl (C=O) groups excluding carboxylic acids is 1. The van der Waals surface area contributed by atoms with Gasteiger partial charge in [0, 0.05) is 13.1 Å². The average Bonchev–Trinajstić information content (AvgIpc) is 2.92. The molecule has 1 fully saturated rings. The van der Waals surface area contributed by atoms with Crippen LogP contribution in [0.1, 0.15) is 12.0 Å². The monoisotopic (exact) mass is 299 g/mol. The molecule has 0 aliphatic carbocycles. The number of halogens is 2. The molecule has 1 heterocycles. The highest BCUT2D eigenvalue weighted by molar-refractivity contribution is 5.78. The minimum atomic E-state index is -3.03. The number of alkyl halides is 2. The van der Waals surface area contributed by atoms with Crippen molar-refractivity contribution in [3.05, 3.63) is 35.9 Å². The lowest BCUT2D eigenvalue weighted by molar-refractivity contribution is -0.157. The molecule has 0 radical (unpaired) electrons. The molecular weight excluding hydrogens is 284 g/mol. The van der Waals surface area contributed by atoms with E-state index < -0.39 is 30.4 Å². The van der Waals surface area contributed by atoms with Crippen molar-refractivity contribution in [1.29, 1.82) is 0 Å². The Hall–Kier alpha value is -2.18. The summed E-state index contributed by atoms with van der Waals surface area (Å²) in [5.74, 6) is -1.59. The number of hydrogen-bond donors (Lipinski definition) is 1. The largest absolute Gasteiger partial charge is 0.481 e. The zero-order chi connectivity index (χ0) is 15.5. The predicted molar refractivity (Wildman–Crippen MR) is 68.9 cm³/mol. The minimum absolute atomic E-state index is 0.0188. The topological polar surface area (TPSA) is 66.8 Å². The first-order valence-electron chi connectivity index (χ1n) is 6.43. The Labute approximate surface area is 120 Å². The SMILES string of the molecule is O=C(OCc1ccccc1)N1CCC(C(=O)O)(C(F)F)C1. The number of nitrogens with zero attached hydrogens (tertiary/aromatic N) is 1. The molecule has 1 aliphatic rings. The van der Waals surface area contributed by atoms with E-state index in [1.54, 1.807) is 24.3 Å². The highest BCUT2D eigenvalue weighted by Crippen LogP contribution is 2.37. The molecule has 114 valence electrons. The quantitative estimate of drug-likeness (QED) is 0.927. The standard InChI is InChI=1S/C14H15F2NO4/c15-11(16)14(12(18)19)6-7-17(9-14)13(20)21-8-10-4-2-1-3-5-10/h1-5,11H,6-9H2,(H,18,19). The lowest BCUT2D eigenvalue weighted by atomic mass is 9.88. The van der Waals surface area contributed by atoms with Gasteiger partial charge in [-0.15, -0.1) is 0 Å². The first kappa shape index (κ1) is 15.2. The number of aliphatic carboxylic acids is 1. The summed E-state index contributed by atoms with van der Waals surface area (Å²) in [4.78, 5) is 23.9. The van der Waals surface area contributed by atoms with Crippen LogP contribution in [0.15, 0.2) is 30.3 Å². The van der Waals surface area contributed by atoms with Gasteiger partial charge in [-0.3, -0.25) is 4.79 Å². The lowest BCUT2D eigenvalue weighted by Crippen LogP contribution is -2.42. The van der Waals surface area contributed by atoms with E-state index in [0.29, 0.717) is 0 Å². The first-order chi connectivity index (χ1) is 9.95. The van der Waals surface area contributed by atoms with Crippen molar-refractivity contribution >= 4 is 12.1 Å². The summed E-state index contributed by atoms with van der Waals surface area (Å²) in [5.41, 5.74) is -1.42. The fraction of sp³-hybridized carbons (Fsp3) is 0.429. The molecule has 21 heavy (non-hydrogen) atoms. The highest BCUT2D eigenvalue weighted by atomic mass is 19.3. The Morgan fingerprint density at radius 1 is 1.33 bits per heavy atom. The molecule has 7 heteroatoms. The Morgan fingerprint density at radius 3 is 2.52 bits per heavy atom. The molecule has 1 atom stereocenters. The molecule has 1 N–H and O–H groups in total. The molecule has 0 saturated carbocycles. The van der Waals surface area contributed by atoms with Crippen LogP contribution in [-0.4, -0.2) is 41.6 Å². The molecule has 1 aromatic carbocycles. The second-order valence-corrected chi connectivity index (χ2v) is 4.97. The summed E-state index contributed by atoms with van der Waals surface area (Å²) in [6.45, 7) is -0.567. The average molecular weight is 299 g/mol. The number of rotatable bonds is 4. The fourth-order valence-electron chi connectivity index (χ4n) is 2.25. The van der Waals surface area contributed by atoms with Crippen LogP contribution < -0.4 is 0 Å². The van der Waals surface area contributed by atoms with Crippen LogP contribution in [0.25, 0.3) is 0 Å². The zero-order valence-electron chi connectivity index (χ0n) is 11.2. The summed E-state index contributed by atoms with van der Waals surface area (Å²) >= 11 is 0. The summed E-state index contributed by atoms with van der Waals surface area (Å²) < 4.78 is 31.0. The van der Waals surface area contributed by atoms with Gasteiger partial charge in [0.05, 0.1) is 0 Å². The zero-order valence-corrected chi connectivity index (χ0v) is 11.2. The van der Waals surface area contributed by atoms with Crippen LogP contribution >= 0.6 is 0 Å². The minimum Gasteiger partial charge on any atom is -0.481 e. The molecule has 0 aromatic heterocycles. The van der Waals surface area contributed by atoms with E-state index in [2.05, 4.69) is 0 Å². The summed E-state index contributed by atoms with van der Waals surface area (Å²) in [6, 6.07) is 8.90. The second-order valence-electron chi connectivity index (χ2n) is 4.97. The maximum absolute atomic E-state index is 13.0. The fourth-order valence-corrected chi connectivity index (χ4v) is 2.25. The van der Waals surface area contributed by atoms with Crippen molar-refractivity contribution < 1.29 is 28.2 Å². The van der Waals surface area contributed by atoms with Crippen molar-refractivity contribution in [3.63, 3.8) is 0 Å². The molecule has 0 bridgehead atoms. The van der Waals surface area contributed by atoms with Crippen LogP contribution in [0.4, 0.5) is 13.6 Å². The van der Waals surface area contributed by atoms with Crippen molar-refractivity contribution in [3.8, 4) is 0 Å². The van der Waals surface area contributed by atoms with Gasteiger partial charge in [0.2, 0.25) is 0 Å². The second kappa shape index (κ2) is 6.07. The molecule has 1 saturated heterocycles. The van der Waals surface area contributed by atoms with Gasteiger partial charge in [-0.05, 0) is 12.0 Å².